The van der Waals surface area contributed by atoms with Crippen LogP contribution in [0.15, 0.2) is 60.7 Å². The molecule has 0 bridgehead atoms. The van der Waals surface area contributed by atoms with Crippen molar-refractivity contribution in [3.8, 4) is 0 Å². The van der Waals surface area contributed by atoms with Gasteiger partial charge in [0.1, 0.15) is 5.60 Å². The molecule has 2 atom stereocenters. The second kappa shape index (κ2) is 8.13. The highest BCUT2D eigenvalue weighted by molar-refractivity contribution is 5.68. The predicted octanol–water partition coefficient (Wildman–Crippen LogP) is 4.40. The molecular formula is C23H30N2O2. The van der Waals surface area contributed by atoms with Gasteiger partial charge in [-0.2, -0.15) is 0 Å². The largest absolute Gasteiger partial charge is 0.444 e. The first kappa shape index (κ1) is 19.4. The standard InChI is InChI=1S/C23H30N2O2/c1-23(2,3)27-22(26)25-15-14-20(24)19(16-25)21(17-10-6-4-7-11-17)18-12-8-5-9-13-18/h4-13,19-21H,14-16,24H2,1-3H3. The summed E-state index contributed by atoms with van der Waals surface area (Å²) in [4.78, 5) is 14.4. The van der Waals surface area contributed by atoms with E-state index in [1.54, 1.807) is 0 Å². The Morgan fingerprint density at radius 2 is 1.56 bits per heavy atom. The summed E-state index contributed by atoms with van der Waals surface area (Å²) in [6, 6.07) is 20.9. The first-order valence-corrected chi connectivity index (χ1v) is 9.68. The number of carbonyl (C=O) groups is 1. The van der Waals surface area contributed by atoms with Crippen molar-refractivity contribution in [1.29, 1.82) is 0 Å². The zero-order chi connectivity index (χ0) is 19.4. The summed E-state index contributed by atoms with van der Waals surface area (Å²) >= 11 is 0. The Morgan fingerprint density at radius 3 is 2.04 bits per heavy atom. The molecule has 0 aromatic heterocycles. The Hall–Kier alpha value is -2.33. The first-order chi connectivity index (χ1) is 12.8. The van der Waals surface area contributed by atoms with Gasteiger partial charge in [-0.15, -0.1) is 0 Å². The lowest BCUT2D eigenvalue weighted by Crippen LogP contribution is -2.52. The monoisotopic (exact) mass is 366 g/mol. The smallest absolute Gasteiger partial charge is 0.410 e. The minimum Gasteiger partial charge on any atom is -0.444 e. The lowest BCUT2D eigenvalue weighted by molar-refractivity contribution is 0.0138. The Bertz CT molecular complexity index is 700. The van der Waals surface area contributed by atoms with E-state index in [0.717, 1.165) is 6.42 Å². The molecule has 0 radical (unpaired) electrons. The number of rotatable bonds is 3. The second-order valence-electron chi connectivity index (χ2n) is 8.34. The van der Waals surface area contributed by atoms with Gasteiger partial charge >= 0.3 is 6.09 Å². The summed E-state index contributed by atoms with van der Waals surface area (Å²) in [6.07, 6.45) is 0.527. The maximum atomic E-state index is 12.6. The molecule has 1 heterocycles. The molecule has 4 heteroatoms. The van der Waals surface area contributed by atoms with Crippen LogP contribution in [0.3, 0.4) is 0 Å². The molecule has 0 spiro atoms. The fourth-order valence-electron chi connectivity index (χ4n) is 3.85. The number of benzene rings is 2. The third-order valence-electron chi connectivity index (χ3n) is 5.11. The molecule has 1 saturated heterocycles. The first-order valence-electron chi connectivity index (χ1n) is 9.68. The molecule has 1 amide bonds. The highest BCUT2D eigenvalue weighted by atomic mass is 16.6. The van der Waals surface area contributed by atoms with Crippen molar-refractivity contribution < 1.29 is 9.53 Å². The number of likely N-dealkylation sites (tertiary alicyclic amines) is 1. The summed E-state index contributed by atoms with van der Waals surface area (Å²) in [7, 11) is 0. The summed E-state index contributed by atoms with van der Waals surface area (Å²) in [5.41, 5.74) is 8.53. The number of ether oxygens (including phenoxy) is 1. The molecule has 4 nitrogen and oxygen atoms in total. The van der Waals surface area contributed by atoms with Crippen LogP contribution < -0.4 is 5.73 Å². The number of nitrogens with two attached hydrogens (primary N) is 1. The zero-order valence-corrected chi connectivity index (χ0v) is 16.5. The third-order valence-corrected chi connectivity index (χ3v) is 5.11. The molecule has 2 unspecified atom stereocenters. The number of hydrogen-bond donors (Lipinski definition) is 1. The van der Waals surface area contributed by atoms with E-state index >= 15 is 0 Å². The number of nitrogens with zero attached hydrogens (tertiary/aromatic N) is 1. The van der Waals surface area contributed by atoms with Gasteiger partial charge in [-0.05, 0) is 38.3 Å². The van der Waals surface area contributed by atoms with Gasteiger partial charge in [-0.1, -0.05) is 60.7 Å². The average molecular weight is 367 g/mol. The van der Waals surface area contributed by atoms with Crippen LogP contribution in [0.25, 0.3) is 0 Å². The van der Waals surface area contributed by atoms with Crippen LogP contribution >= 0.6 is 0 Å². The van der Waals surface area contributed by atoms with Crippen LogP contribution in [-0.4, -0.2) is 35.7 Å². The van der Waals surface area contributed by atoms with Gasteiger partial charge in [-0.3, -0.25) is 0 Å². The van der Waals surface area contributed by atoms with Crippen molar-refractivity contribution in [3.05, 3.63) is 71.8 Å². The van der Waals surface area contributed by atoms with Gasteiger partial charge in [0.05, 0.1) is 0 Å². The average Bonchev–Trinajstić information content (AvgIpc) is 2.64. The quantitative estimate of drug-likeness (QED) is 0.876. The van der Waals surface area contributed by atoms with E-state index in [1.165, 1.54) is 11.1 Å². The lowest BCUT2D eigenvalue weighted by atomic mass is 9.75. The van der Waals surface area contributed by atoms with E-state index in [9.17, 15) is 4.79 Å². The Morgan fingerprint density at radius 1 is 1.04 bits per heavy atom. The fourth-order valence-corrected chi connectivity index (χ4v) is 3.85. The summed E-state index contributed by atoms with van der Waals surface area (Å²) in [5.74, 6) is 0.281. The molecule has 144 valence electrons. The van der Waals surface area contributed by atoms with E-state index in [2.05, 4.69) is 48.5 Å². The van der Waals surface area contributed by atoms with Crippen molar-refractivity contribution in [3.63, 3.8) is 0 Å². The van der Waals surface area contributed by atoms with Gasteiger partial charge in [0, 0.05) is 31.0 Å². The van der Waals surface area contributed by atoms with Crippen LogP contribution in [0.1, 0.15) is 44.2 Å². The van der Waals surface area contributed by atoms with E-state index in [4.69, 9.17) is 10.5 Å². The second-order valence-corrected chi connectivity index (χ2v) is 8.34. The van der Waals surface area contributed by atoms with Gasteiger partial charge < -0.3 is 15.4 Å². The predicted molar refractivity (Wildman–Crippen MR) is 109 cm³/mol. The molecule has 1 aliphatic rings. The maximum absolute atomic E-state index is 12.6. The van der Waals surface area contributed by atoms with Crippen LogP contribution in [0.2, 0.25) is 0 Å². The summed E-state index contributed by atoms with van der Waals surface area (Å²) in [5, 5.41) is 0. The van der Waals surface area contributed by atoms with Crippen LogP contribution in [0, 0.1) is 5.92 Å². The molecular weight excluding hydrogens is 336 g/mol. The minimum atomic E-state index is -0.496. The van der Waals surface area contributed by atoms with Gasteiger partial charge in [0.25, 0.3) is 0 Å². The Balaban J connectivity index is 1.90. The molecule has 27 heavy (non-hydrogen) atoms. The maximum Gasteiger partial charge on any atom is 0.410 e. The van der Waals surface area contributed by atoms with Crippen LogP contribution in [0.4, 0.5) is 4.79 Å². The molecule has 1 fully saturated rings. The molecule has 3 rings (SSSR count). The van der Waals surface area contributed by atoms with Crippen molar-refractivity contribution in [2.45, 2.75) is 44.8 Å². The summed E-state index contributed by atoms with van der Waals surface area (Å²) < 4.78 is 5.60. The molecule has 2 N–H and O–H groups in total. The van der Waals surface area contributed by atoms with Crippen molar-refractivity contribution in [2.24, 2.45) is 11.7 Å². The zero-order valence-electron chi connectivity index (χ0n) is 16.5. The molecule has 2 aromatic carbocycles. The SMILES string of the molecule is CC(C)(C)OC(=O)N1CCC(N)C(C(c2ccccc2)c2ccccc2)C1. The molecule has 0 saturated carbocycles. The number of hydrogen-bond acceptors (Lipinski definition) is 3. The number of amides is 1. The minimum absolute atomic E-state index is 0.0362. The Kier molecular flexibility index (Phi) is 5.85. The van der Waals surface area contributed by atoms with Crippen molar-refractivity contribution in [1.82, 2.24) is 4.90 Å². The van der Waals surface area contributed by atoms with E-state index in [-0.39, 0.29) is 24.0 Å². The topological polar surface area (TPSA) is 55.6 Å². The molecule has 1 aliphatic heterocycles. The van der Waals surface area contributed by atoms with Crippen LogP contribution in [0.5, 0.6) is 0 Å². The van der Waals surface area contributed by atoms with Gasteiger partial charge in [-0.25, -0.2) is 4.79 Å². The van der Waals surface area contributed by atoms with E-state index in [1.807, 2.05) is 37.8 Å². The highest BCUT2D eigenvalue weighted by Crippen LogP contribution is 2.37. The van der Waals surface area contributed by atoms with Crippen LogP contribution in [-0.2, 0) is 4.74 Å². The van der Waals surface area contributed by atoms with Gasteiger partial charge in [0.15, 0.2) is 0 Å². The lowest BCUT2D eigenvalue weighted by Gasteiger charge is -2.41. The summed E-state index contributed by atoms with van der Waals surface area (Å²) in [6.45, 7) is 6.94. The van der Waals surface area contributed by atoms with Gasteiger partial charge in [0.2, 0.25) is 0 Å². The molecule has 0 aliphatic carbocycles. The number of carbonyl (C=O) groups excluding carboxylic acids is 1. The molecule has 2 aromatic rings. The van der Waals surface area contributed by atoms with Crippen molar-refractivity contribution in [2.75, 3.05) is 13.1 Å². The third kappa shape index (κ3) is 4.89. The Labute approximate surface area is 162 Å². The van der Waals surface area contributed by atoms with E-state index < -0.39 is 5.60 Å². The van der Waals surface area contributed by atoms with E-state index in [0.29, 0.717) is 13.1 Å². The number of piperidine rings is 1. The van der Waals surface area contributed by atoms with Crippen molar-refractivity contribution >= 4 is 6.09 Å². The fraction of sp³-hybridized carbons (Fsp3) is 0.435. The highest BCUT2D eigenvalue weighted by Gasteiger charge is 2.37. The normalized spacial score (nSPS) is 20.6.